The second kappa shape index (κ2) is 5.53. The summed E-state index contributed by atoms with van der Waals surface area (Å²) in [4.78, 5) is 14.0. The Labute approximate surface area is 124 Å². The van der Waals surface area contributed by atoms with Crippen LogP contribution in [0, 0.1) is 12.8 Å². The maximum absolute atomic E-state index is 11.7. The number of phenols is 1. The number of benzene rings is 1. The van der Waals surface area contributed by atoms with Crippen molar-refractivity contribution in [1.82, 2.24) is 4.90 Å². The summed E-state index contributed by atoms with van der Waals surface area (Å²) in [6, 6.07) is 5.00. The minimum atomic E-state index is -0.362. The fraction of sp³-hybridized carbons (Fsp3) is 0.471. The van der Waals surface area contributed by atoms with Crippen LogP contribution in [0.5, 0.6) is 5.75 Å². The summed E-state index contributed by atoms with van der Waals surface area (Å²) in [5, 5.41) is 11.1. The highest BCUT2D eigenvalue weighted by molar-refractivity contribution is 5.84. The van der Waals surface area contributed by atoms with E-state index in [9.17, 15) is 9.90 Å². The average molecular weight is 287 g/mol. The molecule has 112 valence electrons. The second-order valence-corrected chi connectivity index (χ2v) is 6.17. The van der Waals surface area contributed by atoms with Crippen LogP contribution >= 0.6 is 0 Å². The van der Waals surface area contributed by atoms with E-state index in [0.717, 1.165) is 29.6 Å². The van der Waals surface area contributed by atoms with Gasteiger partial charge in [-0.05, 0) is 49.9 Å². The molecule has 1 atom stereocenters. The van der Waals surface area contributed by atoms with Gasteiger partial charge in [-0.1, -0.05) is 6.92 Å². The molecule has 0 radical (unpaired) electrons. The molecule has 1 fully saturated rings. The summed E-state index contributed by atoms with van der Waals surface area (Å²) in [6.07, 6.45) is 2.43. The molecule has 0 amide bonds. The van der Waals surface area contributed by atoms with Crippen LogP contribution in [0.25, 0.3) is 11.0 Å². The third-order valence-electron chi connectivity index (χ3n) is 4.32. The molecule has 1 aromatic carbocycles. The molecule has 0 aliphatic carbocycles. The average Bonchev–Trinajstić information content (AvgIpc) is 2.42. The molecule has 0 saturated carbocycles. The Morgan fingerprint density at radius 2 is 2.24 bits per heavy atom. The van der Waals surface area contributed by atoms with E-state index in [0.29, 0.717) is 18.0 Å². The summed E-state index contributed by atoms with van der Waals surface area (Å²) >= 11 is 0. The summed E-state index contributed by atoms with van der Waals surface area (Å²) in [5.41, 5.74) is 1.77. The number of aryl methyl sites for hydroxylation is 1. The van der Waals surface area contributed by atoms with Crippen LogP contribution in [-0.4, -0.2) is 23.1 Å². The van der Waals surface area contributed by atoms with Gasteiger partial charge in [-0.3, -0.25) is 4.90 Å². The minimum Gasteiger partial charge on any atom is -0.507 e. The molecule has 21 heavy (non-hydrogen) atoms. The number of aromatic hydroxyl groups is 1. The topological polar surface area (TPSA) is 53.7 Å². The highest BCUT2D eigenvalue weighted by Gasteiger charge is 2.20. The van der Waals surface area contributed by atoms with Crippen molar-refractivity contribution in [1.29, 1.82) is 0 Å². The summed E-state index contributed by atoms with van der Waals surface area (Å²) < 4.78 is 5.38. The van der Waals surface area contributed by atoms with E-state index < -0.39 is 0 Å². The fourth-order valence-electron chi connectivity index (χ4n) is 3.24. The van der Waals surface area contributed by atoms with Crippen molar-refractivity contribution in [2.75, 3.05) is 13.1 Å². The molecule has 0 bridgehead atoms. The third-order valence-corrected chi connectivity index (χ3v) is 4.32. The lowest BCUT2D eigenvalue weighted by Crippen LogP contribution is -2.33. The van der Waals surface area contributed by atoms with Crippen LogP contribution in [0.2, 0.25) is 0 Å². The molecular weight excluding hydrogens is 266 g/mol. The SMILES string of the molecule is Cc1cc(=O)oc2c(CN3CCC[C@H](C)C3)c(O)ccc12. The smallest absolute Gasteiger partial charge is 0.336 e. The Morgan fingerprint density at radius 1 is 1.43 bits per heavy atom. The largest absolute Gasteiger partial charge is 0.507 e. The fourth-order valence-corrected chi connectivity index (χ4v) is 3.24. The number of hydrogen-bond donors (Lipinski definition) is 1. The van der Waals surface area contributed by atoms with Crippen LogP contribution in [0.1, 0.15) is 30.9 Å². The van der Waals surface area contributed by atoms with Crippen LogP contribution in [0.15, 0.2) is 27.4 Å². The van der Waals surface area contributed by atoms with Gasteiger partial charge in [-0.15, -0.1) is 0 Å². The normalized spacial score (nSPS) is 20.0. The van der Waals surface area contributed by atoms with E-state index in [1.807, 2.05) is 13.0 Å². The monoisotopic (exact) mass is 287 g/mol. The van der Waals surface area contributed by atoms with Gasteiger partial charge < -0.3 is 9.52 Å². The van der Waals surface area contributed by atoms with Crippen molar-refractivity contribution < 1.29 is 9.52 Å². The zero-order chi connectivity index (χ0) is 15.0. The van der Waals surface area contributed by atoms with E-state index >= 15 is 0 Å². The highest BCUT2D eigenvalue weighted by atomic mass is 16.4. The molecule has 2 aromatic rings. The van der Waals surface area contributed by atoms with Gasteiger partial charge in [0.15, 0.2) is 0 Å². The number of likely N-dealkylation sites (tertiary alicyclic amines) is 1. The van der Waals surface area contributed by atoms with Crippen molar-refractivity contribution in [3.05, 3.63) is 39.7 Å². The van der Waals surface area contributed by atoms with Gasteiger partial charge in [-0.2, -0.15) is 0 Å². The molecule has 0 spiro atoms. The molecule has 1 aromatic heterocycles. The number of nitrogens with zero attached hydrogens (tertiary/aromatic N) is 1. The molecule has 2 heterocycles. The standard InChI is InChI=1S/C17H21NO3/c1-11-4-3-7-18(9-11)10-14-15(19)6-5-13-12(2)8-16(20)21-17(13)14/h5-6,8,11,19H,3-4,7,9-10H2,1-2H3/t11-/m0/s1. The second-order valence-electron chi connectivity index (χ2n) is 6.17. The van der Waals surface area contributed by atoms with Crippen LogP contribution in [-0.2, 0) is 6.54 Å². The Balaban J connectivity index is 2.04. The zero-order valence-electron chi connectivity index (χ0n) is 12.6. The van der Waals surface area contributed by atoms with E-state index in [-0.39, 0.29) is 11.4 Å². The molecule has 4 heteroatoms. The number of fused-ring (bicyclic) bond motifs is 1. The van der Waals surface area contributed by atoms with Crippen molar-refractivity contribution in [3.8, 4) is 5.75 Å². The first-order valence-corrected chi connectivity index (χ1v) is 7.52. The van der Waals surface area contributed by atoms with Gasteiger partial charge in [-0.25, -0.2) is 4.79 Å². The molecule has 1 aliphatic heterocycles. The van der Waals surface area contributed by atoms with Gasteiger partial charge in [0, 0.05) is 24.5 Å². The zero-order valence-corrected chi connectivity index (χ0v) is 12.6. The Kier molecular flexibility index (Phi) is 3.72. The first kappa shape index (κ1) is 14.1. The highest BCUT2D eigenvalue weighted by Crippen LogP contribution is 2.30. The maximum atomic E-state index is 11.7. The number of hydrogen-bond acceptors (Lipinski definition) is 4. The van der Waals surface area contributed by atoms with Crippen LogP contribution in [0.4, 0.5) is 0 Å². The quantitative estimate of drug-likeness (QED) is 0.863. The lowest BCUT2D eigenvalue weighted by molar-refractivity contribution is 0.175. The molecule has 1 N–H and O–H groups in total. The van der Waals surface area contributed by atoms with Crippen molar-refractivity contribution >= 4 is 11.0 Å². The molecular formula is C17H21NO3. The van der Waals surface area contributed by atoms with Crippen LogP contribution < -0.4 is 5.63 Å². The molecule has 3 rings (SSSR count). The van der Waals surface area contributed by atoms with Gasteiger partial charge in [0.2, 0.25) is 0 Å². The van der Waals surface area contributed by atoms with E-state index in [1.54, 1.807) is 6.07 Å². The predicted molar refractivity (Wildman–Crippen MR) is 82.6 cm³/mol. The van der Waals surface area contributed by atoms with Crippen molar-refractivity contribution in [2.45, 2.75) is 33.2 Å². The maximum Gasteiger partial charge on any atom is 0.336 e. The van der Waals surface area contributed by atoms with Gasteiger partial charge in [0.05, 0.1) is 5.56 Å². The summed E-state index contributed by atoms with van der Waals surface area (Å²) in [5.74, 6) is 0.874. The van der Waals surface area contributed by atoms with E-state index in [2.05, 4.69) is 11.8 Å². The van der Waals surface area contributed by atoms with Crippen molar-refractivity contribution in [3.63, 3.8) is 0 Å². The van der Waals surface area contributed by atoms with Gasteiger partial charge in [0.1, 0.15) is 11.3 Å². The van der Waals surface area contributed by atoms with Crippen LogP contribution in [0.3, 0.4) is 0 Å². The number of piperidine rings is 1. The Morgan fingerprint density at radius 3 is 3.00 bits per heavy atom. The molecule has 0 unspecified atom stereocenters. The minimum absolute atomic E-state index is 0.203. The lowest BCUT2D eigenvalue weighted by Gasteiger charge is -2.31. The summed E-state index contributed by atoms with van der Waals surface area (Å²) in [6.45, 7) is 6.81. The lowest BCUT2D eigenvalue weighted by atomic mass is 9.99. The first-order chi connectivity index (χ1) is 10.0. The molecule has 1 aliphatic rings. The first-order valence-electron chi connectivity index (χ1n) is 7.52. The van der Waals surface area contributed by atoms with E-state index in [1.165, 1.54) is 18.9 Å². The van der Waals surface area contributed by atoms with Gasteiger partial charge >= 0.3 is 5.63 Å². The number of rotatable bonds is 2. The molecule has 4 nitrogen and oxygen atoms in total. The Bertz CT molecular complexity index is 720. The summed E-state index contributed by atoms with van der Waals surface area (Å²) in [7, 11) is 0. The number of phenolic OH excluding ortho intramolecular Hbond substituents is 1. The Hall–Kier alpha value is -1.81. The predicted octanol–water partition coefficient (Wildman–Crippen LogP) is 3.04. The molecule has 1 saturated heterocycles. The van der Waals surface area contributed by atoms with E-state index in [4.69, 9.17) is 4.42 Å². The third kappa shape index (κ3) is 2.81. The van der Waals surface area contributed by atoms with Crippen molar-refractivity contribution in [2.24, 2.45) is 5.92 Å². The van der Waals surface area contributed by atoms with Gasteiger partial charge in [0.25, 0.3) is 0 Å².